The molecule has 0 aliphatic heterocycles. The number of nitrogens with two attached hydrogens (primary N) is 1. The van der Waals surface area contributed by atoms with Crippen LogP contribution in [0.4, 0.5) is 10.7 Å². The molecule has 1 aromatic rings. The van der Waals surface area contributed by atoms with E-state index in [1.54, 1.807) is 21.2 Å². The number of methoxy groups -OCH3 is 1. The van der Waals surface area contributed by atoms with Gasteiger partial charge in [0, 0.05) is 19.6 Å². The molecule has 0 unspecified atom stereocenters. The normalized spacial score (nSPS) is 15.1. The fourth-order valence-electron chi connectivity index (χ4n) is 2.28. The second-order valence-electron chi connectivity index (χ2n) is 6.03. The van der Waals surface area contributed by atoms with E-state index >= 15 is 0 Å². The number of nitrogen functional groups attached to an aromatic ring is 1. The van der Waals surface area contributed by atoms with Gasteiger partial charge in [-0.15, -0.1) is 11.3 Å². The number of amides is 1. The molecule has 112 valence electrons. The minimum atomic E-state index is -0.0944. The summed E-state index contributed by atoms with van der Waals surface area (Å²) < 4.78 is 5.38. The van der Waals surface area contributed by atoms with E-state index < -0.39 is 0 Å². The topological polar surface area (TPSA) is 67.6 Å². The van der Waals surface area contributed by atoms with Crippen molar-refractivity contribution in [3.05, 3.63) is 4.88 Å². The number of nitrogens with one attached hydrogen (secondary N) is 1. The molecule has 1 amide bonds. The number of carbonyl (C=O) groups is 1. The molecule has 0 atom stereocenters. The first-order valence-electron chi connectivity index (χ1n) is 6.74. The van der Waals surface area contributed by atoms with E-state index in [1.807, 2.05) is 0 Å². The highest BCUT2D eigenvalue weighted by atomic mass is 32.1. The maximum absolute atomic E-state index is 12.1. The van der Waals surface area contributed by atoms with E-state index in [4.69, 9.17) is 10.5 Å². The van der Waals surface area contributed by atoms with Crippen molar-refractivity contribution in [2.24, 2.45) is 5.92 Å². The highest BCUT2D eigenvalue weighted by molar-refractivity contribution is 7.19. The van der Waals surface area contributed by atoms with Gasteiger partial charge in [-0.3, -0.25) is 4.79 Å². The second kappa shape index (κ2) is 5.16. The number of rotatable bonds is 5. The van der Waals surface area contributed by atoms with E-state index in [1.165, 1.54) is 29.1 Å². The number of ether oxygens (including phenoxy) is 1. The third-order valence-electron chi connectivity index (χ3n) is 3.74. The summed E-state index contributed by atoms with van der Waals surface area (Å²) in [7, 11) is 5.02. The summed E-state index contributed by atoms with van der Waals surface area (Å²) in [6, 6.07) is 0. The summed E-state index contributed by atoms with van der Waals surface area (Å²) in [4.78, 5) is 14.2. The summed E-state index contributed by atoms with van der Waals surface area (Å²) in [6.45, 7) is 4.35. The molecule has 0 radical (unpaired) electrons. The van der Waals surface area contributed by atoms with Crippen molar-refractivity contribution in [2.75, 3.05) is 32.3 Å². The summed E-state index contributed by atoms with van der Waals surface area (Å²) >= 11 is 1.37. The first-order chi connectivity index (χ1) is 9.27. The lowest BCUT2D eigenvalue weighted by atomic mass is 9.99. The highest BCUT2D eigenvalue weighted by Crippen LogP contribution is 2.47. The van der Waals surface area contributed by atoms with Gasteiger partial charge >= 0.3 is 0 Å². The summed E-state index contributed by atoms with van der Waals surface area (Å²) in [5, 5.41) is 4.34. The van der Waals surface area contributed by atoms with Gasteiger partial charge in [0.05, 0.1) is 7.11 Å². The van der Waals surface area contributed by atoms with Gasteiger partial charge in [0.1, 0.15) is 15.6 Å². The fraction of sp³-hybridized carbons (Fsp3) is 0.643. The molecule has 1 fully saturated rings. The molecule has 5 nitrogen and oxygen atoms in total. The van der Waals surface area contributed by atoms with Gasteiger partial charge in [-0.1, -0.05) is 0 Å². The van der Waals surface area contributed by atoms with E-state index in [9.17, 15) is 4.79 Å². The summed E-state index contributed by atoms with van der Waals surface area (Å²) in [6.07, 6.45) is 2.49. The fourth-order valence-corrected chi connectivity index (χ4v) is 3.55. The lowest BCUT2D eigenvalue weighted by Crippen LogP contribution is -2.32. The highest BCUT2D eigenvalue weighted by Gasteiger charge is 2.39. The molecule has 2 rings (SSSR count). The SMILES string of the molecule is COc1c(NC(C)(C)C2CC2)sc(C(=O)N(C)C)c1N. The zero-order valence-corrected chi connectivity index (χ0v) is 13.6. The van der Waals surface area contributed by atoms with Crippen molar-refractivity contribution in [1.82, 2.24) is 4.90 Å². The summed E-state index contributed by atoms with van der Waals surface area (Å²) in [5.41, 5.74) is 6.47. The van der Waals surface area contributed by atoms with Crippen LogP contribution >= 0.6 is 11.3 Å². The van der Waals surface area contributed by atoms with Crippen LogP contribution in [0.3, 0.4) is 0 Å². The zero-order chi connectivity index (χ0) is 15.1. The first-order valence-corrected chi connectivity index (χ1v) is 7.55. The van der Waals surface area contributed by atoms with Crippen LogP contribution in [-0.4, -0.2) is 37.6 Å². The molecule has 1 saturated carbocycles. The number of hydrogen-bond acceptors (Lipinski definition) is 5. The van der Waals surface area contributed by atoms with Gasteiger partial charge < -0.3 is 20.7 Å². The number of thiophene rings is 1. The van der Waals surface area contributed by atoms with Crippen LogP contribution < -0.4 is 15.8 Å². The third-order valence-corrected chi connectivity index (χ3v) is 4.83. The van der Waals surface area contributed by atoms with Gasteiger partial charge in [0.25, 0.3) is 5.91 Å². The monoisotopic (exact) mass is 297 g/mol. The number of carbonyl (C=O) groups excluding carboxylic acids is 1. The molecule has 0 aromatic carbocycles. The lowest BCUT2D eigenvalue weighted by Gasteiger charge is -2.27. The molecular weight excluding hydrogens is 274 g/mol. The third kappa shape index (κ3) is 2.70. The average molecular weight is 297 g/mol. The average Bonchev–Trinajstić information content (AvgIpc) is 3.15. The number of anilines is 2. The minimum Gasteiger partial charge on any atom is -0.492 e. The maximum Gasteiger partial charge on any atom is 0.265 e. The van der Waals surface area contributed by atoms with Crippen LogP contribution in [0.5, 0.6) is 5.75 Å². The largest absolute Gasteiger partial charge is 0.492 e. The van der Waals surface area contributed by atoms with Gasteiger partial charge in [0.15, 0.2) is 5.75 Å². The number of hydrogen-bond donors (Lipinski definition) is 2. The molecule has 6 heteroatoms. The molecule has 0 saturated heterocycles. The predicted octanol–water partition coefficient (Wildman–Crippen LogP) is 2.64. The van der Waals surface area contributed by atoms with Crippen LogP contribution in [0.2, 0.25) is 0 Å². The first kappa shape index (κ1) is 15.0. The molecule has 3 N–H and O–H groups in total. The van der Waals surface area contributed by atoms with Crippen molar-refractivity contribution >= 4 is 27.9 Å². The van der Waals surface area contributed by atoms with Crippen LogP contribution in [0, 0.1) is 5.92 Å². The second-order valence-corrected chi connectivity index (χ2v) is 7.05. The zero-order valence-electron chi connectivity index (χ0n) is 12.7. The Kier molecular flexibility index (Phi) is 3.86. The number of nitrogens with zero attached hydrogens (tertiary/aromatic N) is 1. The van der Waals surface area contributed by atoms with Crippen molar-refractivity contribution < 1.29 is 9.53 Å². The predicted molar refractivity (Wildman–Crippen MR) is 83.7 cm³/mol. The van der Waals surface area contributed by atoms with Crippen LogP contribution in [0.15, 0.2) is 0 Å². The van der Waals surface area contributed by atoms with Gasteiger partial charge in [0.2, 0.25) is 0 Å². The lowest BCUT2D eigenvalue weighted by molar-refractivity contribution is 0.0833. The van der Waals surface area contributed by atoms with Crippen molar-refractivity contribution in [3.63, 3.8) is 0 Å². The minimum absolute atomic E-state index is 0.0109. The molecular formula is C14H23N3O2S. The van der Waals surface area contributed by atoms with E-state index in [2.05, 4.69) is 19.2 Å². The molecule has 1 aromatic heterocycles. The molecule has 1 aliphatic rings. The van der Waals surface area contributed by atoms with E-state index in [0.717, 1.165) is 5.00 Å². The standard InChI is InChI=1S/C14H23N3O2S/c1-14(2,8-6-7-8)16-12-10(19-5)9(15)11(20-12)13(18)17(3)4/h8,16H,6-7,15H2,1-5H3. The molecule has 0 spiro atoms. The van der Waals surface area contributed by atoms with Crippen molar-refractivity contribution in [2.45, 2.75) is 32.2 Å². The van der Waals surface area contributed by atoms with Crippen LogP contribution in [-0.2, 0) is 0 Å². The van der Waals surface area contributed by atoms with Crippen LogP contribution in [0.25, 0.3) is 0 Å². The molecule has 1 heterocycles. The van der Waals surface area contributed by atoms with Gasteiger partial charge in [-0.05, 0) is 32.6 Å². The van der Waals surface area contributed by atoms with E-state index in [-0.39, 0.29) is 11.4 Å². The van der Waals surface area contributed by atoms with Gasteiger partial charge in [-0.25, -0.2) is 0 Å². The Bertz CT molecular complexity index is 519. The Morgan fingerprint density at radius 3 is 2.50 bits per heavy atom. The Hall–Kier alpha value is -1.43. The molecule has 1 aliphatic carbocycles. The molecule has 20 heavy (non-hydrogen) atoms. The van der Waals surface area contributed by atoms with Crippen LogP contribution in [0.1, 0.15) is 36.4 Å². The Balaban J connectivity index is 2.33. The molecule has 0 bridgehead atoms. The Morgan fingerprint density at radius 2 is 2.05 bits per heavy atom. The maximum atomic E-state index is 12.1. The smallest absolute Gasteiger partial charge is 0.265 e. The quantitative estimate of drug-likeness (QED) is 0.876. The summed E-state index contributed by atoms with van der Waals surface area (Å²) in [5.74, 6) is 1.15. The van der Waals surface area contributed by atoms with Gasteiger partial charge in [-0.2, -0.15) is 0 Å². The van der Waals surface area contributed by atoms with Crippen molar-refractivity contribution in [1.29, 1.82) is 0 Å². The van der Waals surface area contributed by atoms with Crippen molar-refractivity contribution in [3.8, 4) is 5.75 Å². The Labute approximate surface area is 124 Å². The Morgan fingerprint density at radius 1 is 1.45 bits per heavy atom. The van der Waals surface area contributed by atoms with E-state index in [0.29, 0.717) is 22.2 Å².